The molecule has 2 aromatic heterocycles. The number of piperidine rings is 1. The smallest absolute Gasteiger partial charge is 0.414 e. The van der Waals surface area contributed by atoms with Gasteiger partial charge in [-0.15, -0.1) is 0 Å². The first-order valence-electron chi connectivity index (χ1n) is 15.9. The Labute approximate surface area is 272 Å². The summed E-state index contributed by atoms with van der Waals surface area (Å²) in [6.07, 6.45) is 2.97. The molecule has 4 aromatic rings. The number of aromatic nitrogens is 3. The highest BCUT2D eigenvalue weighted by atomic mass is 16.6. The standard InChI is InChI=1S/C34H39N7O6/c1-23-7-5-11-27-30(23)40(34(45)47-22-24-8-3-2-4-9-24)16-15-39(27)28-19-25-20-37-33(36-14-18-46-17-12-29(42)43)38-31(25)41(32(28)44)26-10-6-13-35-21-26/h2-5,7-9,11,19-20,26,35H,6,10,12-18,21-22H2,1H3,(H,42,43)(H,36,37,38). The molecule has 0 bridgehead atoms. The number of carbonyl (C=O) groups excluding carboxylic acids is 1. The van der Waals surface area contributed by atoms with Crippen LogP contribution in [0.1, 0.15) is 36.4 Å². The third-order valence-corrected chi connectivity index (χ3v) is 8.42. The number of anilines is 4. The topological polar surface area (TPSA) is 151 Å². The highest BCUT2D eigenvalue weighted by Gasteiger charge is 2.32. The summed E-state index contributed by atoms with van der Waals surface area (Å²) in [5.74, 6) is -0.556. The zero-order chi connectivity index (χ0) is 32.8. The molecule has 1 amide bonds. The number of carboxylic acids is 1. The molecule has 1 fully saturated rings. The van der Waals surface area contributed by atoms with Crippen molar-refractivity contribution < 1.29 is 24.2 Å². The number of carbonyl (C=O) groups is 2. The Morgan fingerprint density at radius 3 is 2.72 bits per heavy atom. The first-order valence-corrected chi connectivity index (χ1v) is 15.9. The second-order valence-electron chi connectivity index (χ2n) is 11.6. The number of rotatable bonds is 11. The van der Waals surface area contributed by atoms with Gasteiger partial charge in [0.25, 0.3) is 5.56 Å². The Hall–Kier alpha value is -5.01. The van der Waals surface area contributed by atoms with Crippen molar-refractivity contribution in [2.24, 2.45) is 0 Å². The molecule has 2 aliphatic heterocycles. The van der Waals surface area contributed by atoms with Crippen LogP contribution in [0.25, 0.3) is 11.0 Å². The molecule has 3 N–H and O–H groups in total. The monoisotopic (exact) mass is 641 g/mol. The molecular formula is C34H39N7O6. The number of hydrogen-bond donors (Lipinski definition) is 3. The van der Waals surface area contributed by atoms with Crippen molar-refractivity contribution in [2.75, 3.05) is 61.1 Å². The van der Waals surface area contributed by atoms with Crippen LogP contribution in [0.15, 0.2) is 65.6 Å². The number of nitrogens with one attached hydrogen (secondary N) is 2. The van der Waals surface area contributed by atoms with Gasteiger partial charge >= 0.3 is 12.1 Å². The minimum atomic E-state index is -0.910. The molecule has 0 spiro atoms. The third kappa shape index (κ3) is 7.21. The number of benzene rings is 2. The van der Waals surface area contributed by atoms with Gasteiger partial charge in [0.2, 0.25) is 5.95 Å². The van der Waals surface area contributed by atoms with Crippen LogP contribution in [0, 0.1) is 6.92 Å². The fourth-order valence-corrected chi connectivity index (χ4v) is 6.15. The number of amides is 1. The maximum absolute atomic E-state index is 14.5. The second kappa shape index (κ2) is 14.6. The van der Waals surface area contributed by atoms with E-state index in [2.05, 4.69) is 15.6 Å². The van der Waals surface area contributed by atoms with E-state index in [1.54, 1.807) is 15.7 Å². The van der Waals surface area contributed by atoms with E-state index in [9.17, 15) is 14.4 Å². The molecule has 1 atom stereocenters. The zero-order valence-electron chi connectivity index (χ0n) is 26.4. The van der Waals surface area contributed by atoms with Gasteiger partial charge in [0.05, 0.1) is 37.1 Å². The summed E-state index contributed by atoms with van der Waals surface area (Å²) in [5, 5.41) is 16.0. The maximum Gasteiger partial charge on any atom is 0.414 e. The summed E-state index contributed by atoms with van der Waals surface area (Å²) in [4.78, 5) is 51.5. The SMILES string of the molecule is Cc1cccc2c1N(C(=O)OCc1ccccc1)CCN2c1cc2cnc(NCCOCCC(=O)O)nc2n(C2CCCNC2)c1=O. The summed E-state index contributed by atoms with van der Waals surface area (Å²) in [7, 11) is 0. The minimum Gasteiger partial charge on any atom is -0.481 e. The first-order chi connectivity index (χ1) is 22.9. The fourth-order valence-electron chi connectivity index (χ4n) is 6.15. The number of hydrogen-bond acceptors (Lipinski definition) is 10. The van der Waals surface area contributed by atoms with Crippen molar-refractivity contribution in [1.29, 1.82) is 0 Å². The van der Waals surface area contributed by atoms with E-state index in [0.717, 1.165) is 36.2 Å². The molecule has 246 valence electrons. The largest absolute Gasteiger partial charge is 0.481 e. The second-order valence-corrected chi connectivity index (χ2v) is 11.6. The lowest BCUT2D eigenvalue weighted by Gasteiger charge is -2.38. The number of carboxylic acid groups (broad SMARTS) is 1. The Morgan fingerprint density at radius 1 is 1.09 bits per heavy atom. The van der Waals surface area contributed by atoms with E-state index < -0.39 is 12.1 Å². The van der Waals surface area contributed by atoms with Crippen molar-refractivity contribution in [3.63, 3.8) is 0 Å². The van der Waals surface area contributed by atoms with Crippen molar-refractivity contribution in [2.45, 2.75) is 38.8 Å². The molecule has 1 unspecified atom stereocenters. The third-order valence-electron chi connectivity index (χ3n) is 8.42. The maximum atomic E-state index is 14.5. The van der Waals surface area contributed by atoms with Crippen LogP contribution in [0.4, 0.5) is 27.8 Å². The summed E-state index contributed by atoms with van der Waals surface area (Å²) in [6.45, 7) is 5.17. The van der Waals surface area contributed by atoms with Crippen LogP contribution >= 0.6 is 0 Å². The number of ether oxygens (including phenoxy) is 2. The van der Waals surface area contributed by atoms with Gasteiger partial charge in [0, 0.05) is 37.8 Å². The number of fused-ring (bicyclic) bond motifs is 2. The van der Waals surface area contributed by atoms with Gasteiger partial charge in [-0.3, -0.25) is 19.1 Å². The Kier molecular flexibility index (Phi) is 9.93. The van der Waals surface area contributed by atoms with Gasteiger partial charge in [-0.25, -0.2) is 9.78 Å². The van der Waals surface area contributed by atoms with E-state index in [4.69, 9.17) is 19.6 Å². The molecule has 13 heteroatoms. The lowest BCUT2D eigenvalue weighted by Crippen LogP contribution is -2.45. The molecule has 0 radical (unpaired) electrons. The highest BCUT2D eigenvalue weighted by Crippen LogP contribution is 2.40. The molecule has 13 nitrogen and oxygen atoms in total. The van der Waals surface area contributed by atoms with E-state index in [-0.39, 0.29) is 37.8 Å². The first kappa shape index (κ1) is 32.0. The Balaban J connectivity index is 1.31. The van der Waals surface area contributed by atoms with Crippen molar-refractivity contribution >= 4 is 46.1 Å². The van der Waals surface area contributed by atoms with Crippen LogP contribution < -0.4 is 26.0 Å². The normalized spacial score (nSPS) is 16.1. The average Bonchev–Trinajstić information content (AvgIpc) is 3.09. The molecule has 2 aliphatic rings. The number of aliphatic carboxylic acids is 1. The molecule has 2 aromatic carbocycles. The van der Waals surface area contributed by atoms with Crippen LogP contribution in [-0.2, 0) is 20.9 Å². The Bertz CT molecular complexity index is 1790. The number of pyridine rings is 1. The average molecular weight is 642 g/mol. The summed E-state index contributed by atoms with van der Waals surface area (Å²) >= 11 is 0. The number of para-hydroxylation sites is 1. The highest BCUT2D eigenvalue weighted by molar-refractivity contribution is 5.97. The quantitative estimate of drug-likeness (QED) is 0.202. The molecular weight excluding hydrogens is 602 g/mol. The van der Waals surface area contributed by atoms with E-state index >= 15 is 0 Å². The van der Waals surface area contributed by atoms with Crippen LogP contribution in [0.3, 0.4) is 0 Å². The molecule has 0 saturated carbocycles. The molecule has 0 aliphatic carbocycles. The number of nitrogens with zero attached hydrogens (tertiary/aromatic N) is 5. The van der Waals surface area contributed by atoms with Gasteiger partial charge < -0.3 is 30.1 Å². The summed E-state index contributed by atoms with van der Waals surface area (Å²) in [5.41, 5.74) is 4.12. The predicted molar refractivity (Wildman–Crippen MR) is 179 cm³/mol. The Morgan fingerprint density at radius 2 is 1.94 bits per heavy atom. The molecule has 1 saturated heterocycles. The fraction of sp³-hybridized carbons (Fsp3) is 0.382. The van der Waals surface area contributed by atoms with Crippen molar-refractivity contribution in [1.82, 2.24) is 19.9 Å². The molecule has 6 rings (SSSR count). The van der Waals surface area contributed by atoms with Crippen molar-refractivity contribution in [3.05, 3.63) is 82.3 Å². The summed E-state index contributed by atoms with van der Waals surface area (Å²) < 4.78 is 12.9. The van der Waals surface area contributed by atoms with Gasteiger partial charge in [-0.05, 0) is 49.6 Å². The zero-order valence-corrected chi connectivity index (χ0v) is 26.4. The minimum absolute atomic E-state index is 0.0616. The van der Waals surface area contributed by atoms with Gasteiger partial charge in [-0.1, -0.05) is 42.5 Å². The predicted octanol–water partition coefficient (Wildman–Crippen LogP) is 4.22. The lowest BCUT2D eigenvalue weighted by atomic mass is 10.1. The van der Waals surface area contributed by atoms with E-state index in [0.29, 0.717) is 54.5 Å². The van der Waals surface area contributed by atoms with Gasteiger partial charge in [0.15, 0.2) is 0 Å². The lowest BCUT2D eigenvalue weighted by molar-refractivity contribution is -0.138. The number of aryl methyl sites for hydroxylation is 1. The van der Waals surface area contributed by atoms with Crippen LogP contribution in [0.5, 0.6) is 0 Å². The summed E-state index contributed by atoms with van der Waals surface area (Å²) in [6, 6.07) is 17.1. The molecule has 4 heterocycles. The molecule has 47 heavy (non-hydrogen) atoms. The van der Waals surface area contributed by atoms with Gasteiger partial charge in [0.1, 0.15) is 17.9 Å². The van der Waals surface area contributed by atoms with E-state index in [1.807, 2.05) is 66.4 Å². The van der Waals surface area contributed by atoms with E-state index in [1.165, 1.54) is 0 Å². The van der Waals surface area contributed by atoms with Crippen LogP contribution in [0.2, 0.25) is 0 Å². The van der Waals surface area contributed by atoms with Crippen molar-refractivity contribution in [3.8, 4) is 0 Å². The van der Waals surface area contributed by atoms with Crippen LogP contribution in [-0.4, -0.2) is 77.6 Å². The van der Waals surface area contributed by atoms with Gasteiger partial charge in [-0.2, -0.15) is 4.98 Å².